The fraction of sp³-hybridized carbons (Fsp3) is 0.368. The van der Waals surface area contributed by atoms with Crippen LogP contribution in [0.2, 0.25) is 10.1 Å². The van der Waals surface area contributed by atoms with E-state index in [9.17, 15) is 10.2 Å². The summed E-state index contributed by atoms with van der Waals surface area (Å²) in [5.74, 6) is 0.489. The lowest BCUT2D eigenvalue weighted by atomic mass is 9.85. The Morgan fingerprint density at radius 3 is 2.00 bits per heavy atom. The van der Waals surface area contributed by atoms with Gasteiger partial charge >= 0.3 is 0 Å². The van der Waals surface area contributed by atoms with E-state index >= 15 is 0 Å². The molecule has 1 unspecified atom stereocenters. The van der Waals surface area contributed by atoms with E-state index in [0.717, 1.165) is 32.8 Å². The molecule has 1 aliphatic rings. The Morgan fingerprint density at radius 2 is 1.47 bits per heavy atom. The number of rotatable bonds is 10. The summed E-state index contributed by atoms with van der Waals surface area (Å²) in [6.45, 7) is 11.0. The Balaban J connectivity index is 1.60. The van der Waals surface area contributed by atoms with Crippen LogP contribution < -0.4 is 15.1 Å². The minimum absolute atomic E-state index is 0.201. The fourth-order valence-electron chi connectivity index (χ4n) is 6.59. The van der Waals surface area contributed by atoms with Crippen molar-refractivity contribution in [2.24, 2.45) is 5.92 Å². The zero-order chi connectivity index (χ0) is 32.2. The van der Waals surface area contributed by atoms with E-state index in [1.54, 1.807) is 0 Å². The van der Waals surface area contributed by atoms with Gasteiger partial charge in [-0.1, -0.05) is 124 Å². The van der Waals surface area contributed by atoms with Gasteiger partial charge in [-0.3, -0.25) is 0 Å². The SMILES string of the molecule is CCOc1ccc(Cc2cc(C3O[C@H](CO)[C@@H](C)[C@H](O)[C@H]3O[Si](c3ccccc3)(c3ccccc3)C(C)(C)C)ccc2Cl)cc1. The molecule has 7 heteroatoms. The highest BCUT2D eigenvalue weighted by Gasteiger charge is 2.55. The smallest absolute Gasteiger partial charge is 0.261 e. The van der Waals surface area contributed by atoms with Crippen LogP contribution in [0.25, 0.3) is 0 Å². The minimum Gasteiger partial charge on any atom is -0.494 e. The van der Waals surface area contributed by atoms with Crippen molar-refractivity contribution in [3.05, 3.63) is 125 Å². The number of aliphatic hydroxyl groups is 2. The summed E-state index contributed by atoms with van der Waals surface area (Å²) in [6.07, 6.45) is -2.14. The van der Waals surface area contributed by atoms with Crippen molar-refractivity contribution >= 4 is 30.3 Å². The summed E-state index contributed by atoms with van der Waals surface area (Å²) in [6, 6.07) is 34.8. The van der Waals surface area contributed by atoms with Crippen molar-refractivity contribution in [2.45, 2.75) is 70.5 Å². The largest absolute Gasteiger partial charge is 0.494 e. The van der Waals surface area contributed by atoms with E-state index in [4.69, 9.17) is 25.5 Å². The van der Waals surface area contributed by atoms with E-state index in [1.807, 2.05) is 62.4 Å². The lowest BCUT2D eigenvalue weighted by Gasteiger charge is -2.51. The molecular formula is C38H45ClO5Si. The molecule has 1 fully saturated rings. The van der Waals surface area contributed by atoms with Crippen LogP contribution >= 0.6 is 11.6 Å². The molecule has 0 radical (unpaired) electrons. The number of benzene rings is 4. The van der Waals surface area contributed by atoms with Crippen LogP contribution in [-0.2, 0) is 15.6 Å². The first-order valence-corrected chi connectivity index (χ1v) is 18.1. The predicted molar refractivity (Wildman–Crippen MR) is 184 cm³/mol. The number of aliphatic hydroxyl groups excluding tert-OH is 2. The quantitative estimate of drug-likeness (QED) is 0.188. The van der Waals surface area contributed by atoms with Crippen molar-refractivity contribution in [3.8, 4) is 5.75 Å². The summed E-state index contributed by atoms with van der Waals surface area (Å²) in [5.41, 5.74) is 2.90. The molecule has 0 amide bonds. The Bertz CT molecular complexity index is 1480. The molecule has 2 N–H and O–H groups in total. The van der Waals surface area contributed by atoms with Crippen molar-refractivity contribution in [1.82, 2.24) is 0 Å². The van der Waals surface area contributed by atoms with Gasteiger partial charge in [-0.25, -0.2) is 0 Å². The predicted octanol–water partition coefficient (Wildman–Crippen LogP) is 6.70. The summed E-state index contributed by atoms with van der Waals surface area (Å²) in [4.78, 5) is 0. The Hall–Kier alpha value is -2.97. The molecule has 0 bridgehead atoms. The van der Waals surface area contributed by atoms with Crippen molar-refractivity contribution < 1.29 is 24.1 Å². The van der Waals surface area contributed by atoms with E-state index in [2.05, 4.69) is 75.4 Å². The maximum absolute atomic E-state index is 12.0. The molecule has 1 heterocycles. The lowest BCUT2D eigenvalue weighted by molar-refractivity contribution is -0.201. The van der Waals surface area contributed by atoms with E-state index in [0.29, 0.717) is 18.1 Å². The van der Waals surface area contributed by atoms with Crippen LogP contribution in [0.1, 0.15) is 57.4 Å². The average molecular weight is 645 g/mol. The number of halogens is 1. The Labute approximate surface area is 273 Å². The highest BCUT2D eigenvalue weighted by molar-refractivity contribution is 6.99. The van der Waals surface area contributed by atoms with Gasteiger partial charge < -0.3 is 24.1 Å². The lowest BCUT2D eigenvalue weighted by Crippen LogP contribution is -2.70. The molecule has 238 valence electrons. The second-order valence-corrected chi connectivity index (χ2v) is 17.6. The topological polar surface area (TPSA) is 68.2 Å². The maximum atomic E-state index is 12.0. The third kappa shape index (κ3) is 6.92. The minimum atomic E-state index is -3.05. The van der Waals surface area contributed by atoms with Gasteiger partial charge in [0.15, 0.2) is 0 Å². The van der Waals surface area contributed by atoms with E-state index in [-0.39, 0.29) is 17.6 Å². The summed E-state index contributed by atoms with van der Waals surface area (Å²) in [5, 5.41) is 24.9. The Morgan fingerprint density at radius 1 is 0.867 bits per heavy atom. The molecule has 1 saturated heterocycles. The highest BCUT2D eigenvalue weighted by Crippen LogP contribution is 2.44. The van der Waals surface area contributed by atoms with Crippen LogP contribution in [0.3, 0.4) is 0 Å². The first kappa shape index (κ1) is 33.4. The number of ether oxygens (including phenoxy) is 2. The molecule has 0 spiro atoms. The third-order valence-electron chi connectivity index (χ3n) is 9.02. The normalized spacial score (nSPS) is 22.3. The average Bonchev–Trinajstić information content (AvgIpc) is 3.04. The summed E-state index contributed by atoms with van der Waals surface area (Å²) < 4.78 is 19.8. The second kappa shape index (κ2) is 14.2. The molecule has 4 aromatic carbocycles. The van der Waals surface area contributed by atoms with Gasteiger partial charge in [-0.2, -0.15) is 0 Å². The van der Waals surface area contributed by atoms with Gasteiger partial charge in [0.25, 0.3) is 8.32 Å². The second-order valence-electron chi connectivity index (χ2n) is 13.0. The molecular weight excluding hydrogens is 600 g/mol. The van der Waals surface area contributed by atoms with Crippen molar-refractivity contribution in [2.75, 3.05) is 13.2 Å². The first-order chi connectivity index (χ1) is 21.6. The molecule has 5 atom stereocenters. The van der Waals surface area contributed by atoms with Crippen molar-refractivity contribution in [3.63, 3.8) is 0 Å². The molecule has 45 heavy (non-hydrogen) atoms. The molecule has 4 aromatic rings. The van der Waals surface area contributed by atoms with Gasteiger partial charge in [0.05, 0.1) is 25.4 Å². The van der Waals surface area contributed by atoms with Gasteiger partial charge in [0.1, 0.15) is 18.0 Å². The Kier molecular flexibility index (Phi) is 10.5. The van der Waals surface area contributed by atoms with Crippen LogP contribution in [0.5, 0.6) is 5.75 Å². The fourth-order valence-corrected chi connectivity index (χ4v) is 11.5. The van der Waals surface area contributed by atoms with Crippen LogP contribution in [0.4, 0.5) is 0 Å². The first-order valence-electron chi connectivity index (χ1n) is 15.8. The molecule has 5 nitrogen and oxygen atoms in total. The monoisotopic (exact) mass is 644 g/mol. The third-order valence-corrected chi connectivity index (χ3v) is 14.4. The van der Waals surface area contributed by atoms with Gasteiger partial charge in [-0.05, 0) is 63.6 Å². The van der Waals surface area contributed by atoms with Crippen LogP contribution in [-0.4, -0.2) is 50.1 Å². The highest BCUT2D eigenvalue weighted by atomic mass is 35.5. The van der Waals surface area contributed by atoms with E-state index < -0.39 is 32.7 Å². The maximum Gasteiger partial charge on any atom is 0.261 e. The molecule has 0 aliphatic carbocycles. The summed E-state index contributed by atoms with van der Waals surface area (Å²) in [7, 11) is -3.05. The van der Waals surface area contributed by atoms with Gasteiger partial charge in [0.2, 0.25) is 0 Å². The van der Waals surface area contributed by atoms with Gasteiger partial charge in [-0.15, -0.1) is 0 Å². The molecule has 0 aromatic heterocycles. The van der Waals surface area contributed by atoms with Gasteiger partial charge in [0, 0.05) is 10.9 Å². The summed E-state index contributed by atoms with van der Waals surface area (Å²) >= 11 is 6.76. The van der Waals surface area contributed by atoms with E-state index in [1.165, 1.54) is 0 Å². The van der Waals surface area contributed by atoms with Crippen LogP contribution in [0, 0.1) is 5.92 Å². The number of hydrogen-bond acceptors (Lipinski definition) is 5. The van der Waals surface area contributed by atoms with Crippen molar-refractivity contribution in [1.29, 1.82) is 0 Å². The standard InChI is InChI=1S/C38H45ClO5Si/c1-6-42-30-20-17-27(18-21-30)23-29-24-28(19-22-33(29)39)36-37(35(41)26(2)34(25-40)43-36)44-45(38(3,4)5,31-13-9-7-10-14-31)32-15-11-8-12-16-32/h7-22,24,26,34-37,40-41H,6,23,25H2,1-5H3/t26-,34-,35+,36?,37-/m1/s1. The number of hydrogen-bond donors (Lipinski definition) is 2. The van der Waals surface area contributed by atoms with Crippen LogP contribution in [0.15, 0.2) is 103 Å². The molecule has 0 saturated carbocycles. The zero-order valence-corrected chi connectivity index (χ0v) is 28.6. The zero-order valence-electron chi connectivity index (χ0n) is 26.8. The molecule has 5 rings (SSSR count). The molecule has 1 aliphatic heterocycles.